The topological polar surface area (TPSA) is 61.4 Å². The van der Waals surface area contributed by atoms with Gasteiger partial charge in [0.15, 0.2) is 0 Å². The zero-order valence-corrected chi connectivity index (χ0v) is 9.10. The van der Waals surface area contributed by atoms with Gasteiger partial charge in [-0.05, 0) is 12.8 Å². The van der Waals surface area contributed by atoms with Crippen molar-refractivity contribution in [1.82, 2.24) is 10.6 Å². The Morgan fingerprint density at radius 2 is 2.06 bits per heavy atom. The van der Waals surface area contributed by atoms with Crippen LogP contribution in [-0.2, 0) is 0 Å². The van der Waals surface area contributed by atoms with Gasteiger partial charge in [0.2, 0.25) is 0 Å². The van der Waals surface area contributed by atoms with E-state index in [0.29, 0.717) is 12.8 Å². The number of rotatable bonds is 6. The van der Waals surface area contributed by atoms with Crippen molar-refractivity contribution in [2.45, 2.75) is 38.4 Å². The van der Waals surface area contributed by atoms with Crippen molar-refractivity contribution >= 4 is 6.03 Å². The van der Waals surface area contributed by atoms with Crippen molar-refractivity contribution in [2.75, 3.05) is 13.2 Å². The molecule has 96 valence electrons. The van der Waals surface area contributed by atoms with Gasteiger partial charge in [0, 0.05) is 19.2 Å². The van der Waals surface area contributed by atoms with Gasteiger partial charge in [-0.1, -0.05) is 6.92 Å². The maximum absolute atomic E-state index is 11.8. The van der Waals surface area contributed by atoms with Gasteiger partial charge in [-0.15, -0.1) is 0 Å². The molecule has 0 bridgehead atoms. The molecular weight excluding hydrogens is 225 g/mol. The summed E-state index contributed by atoms with van der Waals surface area (Å²) in [6.45, 7) is 1.31. The molecule has 0 aromatic heterocycles. The molecule has 0 aromatic rings. The molecule has 0 aliphatic rings. The minimum atomic E-state index is -4.26. The van der Waals surface area contributed by atoms with Crippen LogP contribution in [0.4, 0.5) is 18.0 Å². The lowest BCUT2D eigenvalue weighted by Gasteiger charge is -2.16. The van der Waals surface area contributed by atoms with Crippen LogP contribution in [0.2, 0.25) is 0 Å². The SMILES string of the molecule is CCC(CCO)NC(=O)NCCC(F)(F)F. The van der Waals surface area contributed by atoms with Crippen LogP contribution in [-0.4, -0.2) is 36.5 Å². The standard InChI is InChI=1S/C9H17F3N2O2/c1-2-7(3-6-15)14-8(16)13-5-4-9(10,11)12/h7,15H,2-6H2,1H3,(H2,13,14,16). The average Bonchev–Trinajstić information content (AvgIpc) is 2.15. The second-order valence-corrected chi connectivity index (χ2v) is 3.38. The summed E-state index contributed by atoms with van der Waals surface area (Å²) in [4.78, 5) is 11.1. The number of carbonyl (C=O) groups is 1. The molecule has 4 nitrogen and oxygen atoms in total. The van der Waals surface area contributed by atoms with E-state index in [-0.39, 0.29) is 12.6 Å². The Morgan fingerprint density at radius 1 is 1.44 bits per heavy atom. The maximum Gasteiger partial charge on any atom is 0.390 e. The van der Waals surface area contributed by atoms with Gasteiger partial charge in [-0.3, -0.25) is 0 Å². The van der Waals surface area contributed by atoms with Crippen molar-refractivity contribution in [3.05, 3.63) is 0 Å². The fourth-order valence-corrected chi connectivity index (χ4v) is 1.09. The third-order valence-electron chi connectivity index (χ3n) is 2.00. The summed E-state index contributed by atoms with van der Waals surface area (Å²) in [6, 6.07) is -0.847. The van der Waals surface area contributed by atoms with Crippen molar-refractivity contribution in [1.29, 1.82) is 0 Å². The minimum Gasteiger partial charge on any atom is -0.396 e. The summed E-state index contributed by atoms with van der Waals surface area (Å²) in [5.74, 6) is 0. The first-order valence-electron chi connectivity index (χ1n) is 5.11. The van der Waals surface area contributed by atoms with E-state index in [2.05, 4.69) is 10.6 Å². The van der Waals surface area contributed by atoms with E-state index < -0.39 is 25.2 Å². The van der Waals surface area contributed by atoms with Crippen molar-refractivity contribution in [2.24, 2.45) is 0 Å². The maximum atomic E-state index is 11.8. The van der Waals surface area contributed by atoms with Crippen LogP contribution in [0.5, 0.6) is 0 Å². The summed E-state index contributed by atoms with van der Waals surface area (Å²) >= 11 is 0. The molecule has 0 aliphatic heterocycles. The molecule has 16 heavy (non-hydrogen) atoms. The van der Waals surface area contributed by atoms with Gasteiger partial charge in [0.1, 0.15) is 0 Å². The highest BCUT2D eigenvalue weighted by Gasteiger charge is 2.26. The van der Waals surface area contributed by atoms with E-state index in [1.807, 2.05) is 6.92 Å². The molecule has 0 aromatic carbocycles. The Morgan fingerprint density at radius 3 is 2.50 bits per heavy atom. The smallest absolute Gasteiger partial charge is 0.390 e. The Labute approximate surface area is 92.2 Å². The first kappa shape index (κ1) is 15.0. The van der Waals surface area contributed by atoms with Crippen molar-refractivity contribution < 1.29 is 23.1 Å². The van der Waals surface area contributed by atoms with Crippen molar-refractivity contribution in [3.63, 3.8) is 0 Å². The summed E-state index contributed by atoms with van der Waals surface area (Å²) in [5.41, 5.74) is 0. The minimum absolute atomic E-state index is 0.0681. The number of aliphatic hydroxyl groups is 1. The number of aliphatic hydroxyl groups excluding tert-OH is 1. The van der Waals surface area contributed by atoms with E-state index in [4.69, 9.17) is 5.11 Å². The third-order valence-corrected chi connectivity index (χ3v) is 2.00. The first-order valence-corrected chi connectivity index (χ1v) is 5.11. The normalized spacial score (nSPS) is 13.3. The van der Waals surface area contributed by atoms with Gasteiger partial charge in [-0.2, -0.15) is 13.2 Å². The fourth-order valence-electron chi connectivity index (χ4n) is 1.09. The van der Waals surface area contributed by atoms with Crippen LogP contribution >= 0.6 is 0 Å². The lowest BCUT2D eigenvalue weighted by molar-refractivity contribution is -0.132. The lowest BCUT2D eigenvalue weighted by Crippen LogP contribution is -2.43. The molecule has 0 heterocycles. The molecule has 3 N–H and O–H groups in total. The number of carbonyl (C=O) groups excluding carboxylic acids is 1. The monoisotopic (exact) mass is 242 g/mol. The molecule has 0 radical (unpaired) electrons. The number of urea groups is 1. The van der Waals surface area contributed by atoms with Gasteiger partial charge in [0.25, 0.3) is 0 Å². The highest BCUT2D eigenvalue weighted by atomic mass is 19.4. The van der Waals surface area contributed by atoms with Crippen molar-refractivity contribution in [3.8, 4) is 0 Å². The van der Waals surface area contributed by atoms with Crippen LogP contribution in [0.1, 0.15) is 26.2 Å². The van der Waals surface area contributed by atoms with Crippen LogP contribution < -0.4 is 10.6 Å². The quantitative estimate of drug-likeness (QED) is 0.659. The van der Waals surface area contributed by atoms with E-state index >= 15 is 0 Å². The van der Waals surface area contributed by atoms with E-state index in [9.17, 15) is 18.0 Å². The molecule has 0 spiro atoms. The number of nitrogens with one attached hydrogen (secondary N) is 2. The number of amides is 2. The summed E-state index contributed by atoms with van der Waals surface area (Å²) in [6.07, 6.45) is -4.30. The molecule has 2 amide bonds. The summed E-state index contributed by atoms with van der Waals surface area (Å²) in [5, 5.41) is 13.2. The average molecular weight is 242 g/mol. The second kappa shape index (κ2) is 7.32. The molecular formula is C9H17F3N2O2. The zero-order chi connectivity index (χ0) is 12.6. The Kier molecular flexibility index (Phi) is 6.87. The fraction of sp³-hybridized carbons (Fsp3) is 0.889. The molecule has 0 aliphatic carbocycles. The van der Waals surface area contributed by atoms with Crippen LogP contribution in [0.3, 0.4) is 0 Å². The molecule has 7 heteroatoms. The molecule has 0 fully saturated rings. The van der Waals surface area contributed by atoms with Gasteiger partial charge in [0.05, 0.1) is 6.42 Å². The van der Waals surface area contributed by atoms with Gasteiger partial charge < -0.3 is 15.7 Å². The highest BCUT2D eigenvalue weighted by Crippen LogP contribution is 2.17. The Balaban J connectivity index is 3.72. The lowest BCUT2D eigenvalue weighted by atomic mass is 10.2. The molecule has 0 rings (SSSR count). The predicted molar refractivity (Wildman–Crippen MR) is 53.0 cm³/mol. The van der Waals surface area contributed by atoms with Crippen LogP contribution in [0.15, 0.2) is 0 Å². The van der Waals surface area contributed by atoms with Crippen LogP contribution in [0, 0.1) is 0 Å². The molecule has 1 atom stereocenters. The number of halogens is 3. The van der Waals surface area contributed by atoms with Gasteiger partial charge in [-0.25, -0.2) is 4.79 Å². The summed E-state index contributed by atoms with van der Waals surface area (Å²) in [7, 11) is 0. The van der Waals surface area contributed by atoms with E-state index in [1.165, 1.54) is 0 Å². The predicted octanol–water partition coefficient (Wildman–Crippen LogP) is 1.40. The largest absolute Gasteiger partial charge is 0.396 e. The third kappa shape index (κ3) is 8.34. The summed E-state index contributed by atoms with van der Waals surface area (Å²) < 4.78 is 35.3. The van der Waals surface area contributed by atoms with Gasteiger partial charge >= 0.3 is 12.2 Å². The number of alkyl halides is 3. The molecule has 1 unspecified atom stereocenters. The first-order chi connectivity index (χ1) is 7.39. The van der Waals surface area contributed by atoms with Crippen LogP contribution in [0.25, 0.3) is 0 Å². The Hall–Kier alpha value is -0.980. The molecule has 0 saturated carbocycles. The zero-order valence-electron chi connectivity index (χ0n) is 9.10. The number of hydrogen-bond acceptors (Lipinski definition) is 2. The number of hydrogen-bond donors (Lipinski definition) is 3. The van der Waals surface area contributed by atoms with E-state index in [0.717, 1.165) is 0 Å². The second-order valence-electron chi connectivity index (χ2n) is 3.38. The highest BCUT2D eigenvalue weighted by molar-refractivity contribution is 5.74. The Bertz CT molecular complexity index is 209. The molecule has 0 saturated heterocycles. The van der Waals surface area contributed by atoms with E-state index in [1.54, 1.807) is 0 Å².